The number of amides is 1. The van der Waals surface area contributed by atoms with Gasteiger partial charge in [-0.05, 0) is 43.4 Å². The average molecular weight is 337 g/mol. The first-order valence-electron chi connectivity index (χ1n) is 7.89. The molecule has 126 valence electrons. The van der Waals surface area contributed by atoms with E-state index in [9.17, 15) is 13.8 Å². The zero-order chi connectivity index (χ0) is 16.8. The summed E-state index contributed by atoms with van der Waals surface area (Å²) in [5.74, 6) is -0.442. The Balaban J connectivity index is 2.13. The molecule has 1 aromatic carbocycles. The number of nitrogens with zero attached hydrogens (tertiary/aromatic N) is 1. The molecule has 2 rings (SSSR count). The summed E-state index contributed by atoms with van der Waals surface area (Å²) >= 11 is 0. The predicted molar refractivity (Wildman–Crippen MR) is 89.8 cm³/mol. The van der Waals surface area contributed by atoms with Crippen LogP contribution in [0.4, 0.5) is 0 Å². The molecular formula is C17H23NO4S. The van der Waals surface area contributed by atoms with Crippen molar-refractivity contribution in [2.45, 2.75) is 43.9 Å². The van der Waals surface area contributed by atoms with Crippen LogP contribution in [-0.4, -0.2) is 44.9 Å². The predicted octanol–water partition coefficient (Wildman–Crippen LogP) is 2.42. The molecular weight excluding hydrogens is 314 g/mol. The number of hydrogen-bond acceptors (Lipinski definition) is 3. The van der Waals surface area contributed by atoms with Crippen LogP contribution in [0.15, 0.2) is 24.3 Å². The number of piperidine rings is 1. The lowest BCUT2D eigenvalue weighted by molar-refractivity contribution is -0.137. The second-order valence-electron chi connectivity index (χ2n) is 6.00. The number of rotatable bonds is 6. The highest BCUT2D eigenvalue weighted by atomic mass is 32.2. The molecule has 0 radical (unpaired) electrons. The normalized spacial score (nSPS) is 19.3. The number of carboxylic acid groups (broad SMARTS) is 1. The summed E-state index contributed by atoms with van der Waals surface area (Å²) in [7, 11) is -0.948. The van der Waals surface area contributed by atoms with Crippen LogP contribution in [0.5, 0.6) is 0 Å². The Kier molecular flexibility index (Phi) is 6.33. The highest BCUT2D eigenvalue weighted by Gasteiger charge is 2.27. The first-order valence-corrected chi connectivity index (χ1v) is 9.62. The third kappa shape index (κ3) is 5.16. The van der Waals surface area contributed by atoms with Crippen molar-refractivity contribution in [3.63, 3.8) is 0 Å². The summed E-state index contributed by atoms with van der Waals surface area (Å²) in [5, 5.41) is 8.87. The van der Waals surface area contributed by atoms with E-state index < -0.39 is 16.8 Å². The van der Waals surface area contributed by atoms with Crippen LogP contribution < -0.4 is 0 Å². The van der Waals surface area contributed by atoms with Gasteiger partial charge in [-0.25, -0.2) is 0 Å². The number of likely N-dealkylation sites (tertiary alicyclic amines) is 1. The minimum Gasteiger partial charge on any atom is -0.481 e. The molecule has 2 atom stereocenters. The van der Waals surface area contributed by atoms with Gasteiger partial charge in [0, 0.05) is 47.4 Å². The number of carbonyl (C=O) groups is 2. The van der Waals surface area contributed by atoms with Crippen LogP contribution in [0.25, 0.3) is 0 Å². The molecule has 0 saturated carbocycles. The van der Waals surface area contributed by atoms with Gasteiger partial charge < -0.3 is 10.0 Å². The summed E-state index contributed by atoms with van der Waals surface area (Å²) in [6.07, 6.45) is 5.07. The molecule has 23 heavy (non-hydrogen) atoms. The van der Waals surface area contributed by atoms with E-state index in [2.05, 4.69) is 0 Å². The molecule has 0 aliphatic carbocycles. The first-order chi connectivity index (χ1) is 11.0. The molecule has 1 heterocycles. The van der Waals surface area contributed by atoms with Crippen molar-refractivity contribution in [2.24, 2.45) is 0 Å². The summed E-state index contributed by atoms with van der Waals surface area (Å²) in [6.45, 7) is 0.674. The monoisotopic (exact) mass is 337 g/mol. The number of hydrogen-bond donors (Lipinski definition) is 1. The second-order valence-corrected chi connectivity index (χ2v) is 7.43. The van der Waals surface area contributed by atoms with Gasteiger partial charge in [0.2, 0.25) is 0 Å². The van der Waals surface area contributed by atoms with Crippen molar-refractivity contribution >= 4 is 22.7 Å². The molecule has 6 heteroatoms. The maximum atomic E-state index is 12.8. The number of aliphatic carboxylic acids is 1. The lowest BCUT2D eigenvalue weighted by atomic mass is 9.96. The number of carbonyl (C=O) groups excluding carboxylic acids is 1. The van der Waals surface area contributed by atoms with Gasteiger partial charge in [-0.2, -0.15) is 0 Å². The largest absolute Gasteiger partial charge is 0.481 e. The Morgan fingerprint density at radius 1 is 1.35 bits per heavy atom. The second kappa shape index (κ2) is 8.24. The quantitative estimate of drug-likeness (QED) is 0.865. The van der Waals surface area contributed by atoms with Crippen molar-refractivity contribution in [2.75, 3.05) is 12.8 Å². The van der Waals surface area contributed by atoms with Crippen LogP contribution in [-0.2, 0) is 21.3 Å². The zero-order valence-corrected chi connectivity index (χ0v) is 14.2. The molecule has 1 aliphatic rings. The van der Waals surface area contributed by atoms with Gasteiger partial charge in [0.1, 0.15) is 0 Å². The van der Waals surface area contributed by atoms with Gasteiger partial charge in [-0.1, -0.05) is 12.1 Å². The molecule has 0 spiro atoms. The van der Waals surface area contributed by atoms with Gasteiger partial charge in [0.25, 0.3) is 5.91 Å². The molecule has 5 nitrogen and oxygen atoms in total. The van der Waals surface area contributed by atoms with E-state index in [-0.39, 0.29) is 18.4 Å². The minimum absolute atomic E-state index is 0.00341. The lowest BCUT2D eigenvalue weighted by Gasteiger charge is -2.35. The van der Waals surface area contributed by atoms with E-state index in [0.717, 1.165) is 24.8 Å². The van der Waals surface area contributed by atoms with E-state index in [0.29, 0.717) is 24.3 Å². The molecule has 1 fully saturated rings. The highest BCUT2D eigenvalue weighted by Crippen LogP contribution is 2.23. The van der Waals surface area contributed by atoms with Crippen molar-refractivity contribution in [3.8, 4) is 0 Å². The van der Waals surface area contributed by atoms with Crippen molar-refractivity contribution in [1.82, 2.24) is 4.90 Å². The maximum Gasteiger partial charge on any atom is 0.303 e. The maximum absolute atomic E-state index is 12.8. The molecule has 0 bridgehead atoms. The first kappa shape index (κ1) is 17.7. The fourth-order valence-corrected chi connectivity index (χ4v) is 3.70. The fraction of sp³-hybridized carbons (Fsp3) is 0.529. The summed E-state index contributed by atoms with van der Waals surface area (Å²) < 4.78 is 11.4. The summed E-state index contributed by atoms with van der Waals surface area (Å²) in [6, 6.07) is 7.25. The Bertz CT molecular complexity index is 602. The fourth-order valence-electron chi connectivity index (χ4n) is 3.05. The van der Waals surface area contributed by atoms with Gasteiger partial charge in [-0.15, -0.1) is 0 Å². The van der Waals surface area contributed by atoms with Gasteiger partial charge in [0.15, 0.2) is 0 Å². The van der Waals surface area contributed by atoms with E-state index in [4.69, 9.17) is 5.11 Å². The van der Waals surface area contributed by atoms with Crippen molar-refractivity contribution < 1.29 is 18.9 Å². The summed E-state index contributed by atoms with van der Waals surface area (Å²) in [4.78, 5) is 25.4. The average Bonchev–Trinajstić information content (AvgIpc) is 2.52. The Morgan fingerprint density at radius 3 is 2.83 bits per heavy atom. The molecule has 1 saturated heterocycles. The molecule has 1 aromatic rings. The Morgan fingerprint density at radius 2 is 2.13 bits per heavy atom. The molecule has 1 aliphatic heterocycles. The van der Waals surface area contributed by atoms with Crippen LogP contribution in [0.1, 0.15) is 48.0 Å². The standard InChI is InChI=1S/C17H23NO4S/c1-23(22)12-13-5-4-6-14(11-13)17(21)18-10-3-2-7-15(18)8-9-16(19)20/h4-6,11,15H,2-3,7-10,12H2,1H3,(H,19,20)/t15-,23+/m1/s1. The number of carboxylic acids is 1. The smallest absolute Gasteiger partial charge is 0.303 e. The third-order valence-electron chi connectivity index (χ3n) is 4.12. The number of benzene rings is 1. The van der Waals surface area contributed by atoms with E-state index in [1.165, 1.54) is 0 Å². The lowest BCUT2D eigenvalue weighted by Crippen LogP contribution is -2.44. The molecule has 0 unspecified atom stereocenters. The van der Waals surface area contributed by atoms with Gasteiger partial charge >= 0.3 is 5.97 Å². The molecule has 0 aromatic heterocycles. The third-order valence-corrected chi connectivity index (χ3v) is 4.86. The zero-order valence-electron chi connectivity index (χ0n) is 13.4. The minimum atomic E-state index is -0.948. The Hall–Kier alpha value is -1.69. The van der Waals surface area contributed by atoms with E-state index in [1.807, 2.05) is 17.0 Å². The molecule has 1 amide bonds. The SMILES string of the molecule is C[S@](=O)Cc1cccc(C(=O)N2CCCC[C@@H]2CCC(=O)O)c1. The van der Waals surface area contributed by atoms with Crippen LogP contribution in [0, 0.1) is 0 Å². The van der Waals surface area contributed by atoms with Crippen molar-refractivity contribution in [3.05, 3.63) is 35.4 Å². The van der Waals surface area contributed by atoms with Gasteiger partial charge in [-0.3, -0.25) is 13.8 Å². The van der Waals surface area contributed by atoms with E-state index >= 15 is 0 Å². The van der Waals surface area contributed by atoms with E-state index in [1.54, 1.807) is 18.4 Å². The van der Waals surface area contributed by atoms with Gasteiger partial charge in [0.05, 0.1) is 0 Å². The summed E-state index contributed by atoms with van der Waals surface area (Å²) in [5.41, 5.74) is 1.48. The van der Waals surface area contributed by atoms with Crippen LogP contribution in [0.2, 0.25) is 0 Å². The highest BCUT2D eigenvalue weighted by molar-refractivity contribution is 7.83. The Labute approximate surface area is 139 Å². The van der Waals surface area contributed by atoms with Crippen molar-refractivity contribution in [1.29, 1.82) is 0 Å². The van der Waals surface area contributed by atoms with Crippen LogP contribution >= 0.6 is 0 Å². The topological polar surface area (TPSA) is 74.7 Å². The van der Waals surface area contributed by atoms with Crippen LogP contribution in [0.3, 0.4) is 0 Å². The molecule has 1 N–H and O–H groups in total.